The number of nitrogens with zero attached hydrogens (tertiary/aromatic N) is 12. The normalized spacial score (nSPS) is 12.2. The summed E-state index contributed by atoms with van der Waals surface area (Å²) in [6, 6.07) is 136. The molecule has 0 aliphatic carbocycles. The summed E-state index contributed by atoms with van der Waals surface area (Å²) in [6.07, 6.45) is 0. The van der Waals surface area contributed by atoms with Crippen molar-refractivity contribution in [1.29, 1.82) is 0 Å². The van der Waals surface area contributed by atoms with Crippen molar-refractivity contribution in [3.8, 4) is 124 Å². The Morgan fingerprint density at radius 1 is 0.192 bits per heavy atom. The van der Waals surface area contributed by atoms with E-state index in [4.69, 9.17) is 49.9 Å². The van der Waals surface area contributed by atoms with Gasteiger partial charge in [0, 0.05) is 121 Å². The summed E-state index contributed by atoms with van der Waals surface area (Å²) in [5, 5.41) is 15.1. The second kappa shape index (κ2) is 29.0. The fourth-order valence-electron chi connectivity index (χ4n) is 17.8. The number of aromatic nitrogens is 8. The molecular formula is C108H68N12. The van der Waals surface area contributed by atoms with E-state index in [2.05, 4.69) is 337 Å². The van der Waals surface area contributed by atoms with E-state index in [0.29, 0.717) is 25.0 Å². The van der Waals surface area contributed by atoms with Gasteiger partial charge >= 0.3 is 0 Å². The molecule has 16 aromatic carbocycles. The van der Waals surface area contributed by atoms with Crippen LogP contribution in [-0.4, -0.2) is 52.4 Å². The lowest BCUT2D eigenvalue weighted by Crippen LogP contribution is -2.25. The Morgan fingerprint density at radius 2 is 0.500 bits per heavy atom. The predicted octanol–water partition coefficient (Wildman–Crippen LogP) is 23.6. The van der Waals surface area contributed by atoms with Crippen LogP contribution in [0.5, 0.6) is 0 Å². The zero-order valence-corrected chi connectivity index (χ0v) is 64.7. The van der Waals surface area contributed by atoms with Crippen LogP contribution in [0.25, 0.3) is 211 Å². The lowest BCUT2D eigenvalue weighted by atomic mass is 9.94. The van der Waals surface area contributed by atoms with Crippen LogP contribution in [0.3, 0.4) is 0 Å². The van der Waals surface area contributed by atoms with Gasteiger partial charge in [-0.2, -0.15) is 0 Å². The minimum absolute atomic E-state index is 0.404. The largest absolute Gasteiger partial charge is 0.309 e. The number of rotatable bonds is 12. The van der Waals surface area contributed by atoms with Crippen molar-refractivity contribution in [3.05, 3.63) is 410 Å². The Hall–Kier alpha value is -16.2. The standard InChI is InChI=1S/2C54H34N6/c1-3-14-36(15-4-1)51-44-31-43(52-53(56-33-55-52)50(44)42-22-7-10-23-45(42)57-51)34-26-28-35(29-27-34)46-32-47(59-54(58-46)37-16-5-2-6-17-37)38-18-13-19-39(30-38)60-48-24-11-8-20-40(48)41-21-9-12-25-49(41)60;1-3-13-37(14-4-1)51-44-31-43(52-53(56-33-55-52)50(44)42-19-7-10-20-45(42)57-51)34-23-25-35(26-24-34)46-32-47(59-54(58-46)38-15-5-2-6-16-38)36-27-29-39(30-28-36)60-48-21-11-8-17-40(48)41-18-9-12-22-49(41)60/h2*1-32H,33H2. The van der Waals surface area contributed by atoms with Gasteiger partial charge in [-0.3, -0.25) is 20.0 Å². The van der Waals surface area contributed by atoms with Gasteiger partial charge in [-0.25, -0.2) is 29.9 Å². The highest BCUT2D eigenvalue weighted by atomic mass is 15.0. The molecule has 0 spiro atoms. The highest BCUT2D eigenvalue weighted by Gasteiger charge is 2.24. The molecule has 0 radical (unpaired) electrons. The second-order valence-electron chi connectivity index (χ2n) is 30.3. The van der Waals surface area contributed by atoms with Crippen molar-refractivity contribution in [2.45, 2.75) is 0 Å². The SMILES string of the molecule is c1ccc(-c2nc(-c3ccc(-c4cc5c(-c6ccccc6)nc6ccccc6c5c5c4=NCN=5)cc3)cc(-c3ccc(-n4c5ccccc5c5ccccc54)cc3)n2)cc1.c1ccc(-c2nc(-c3ccc(-c4cc5c(-c6ccccc6)nc6ccccc6c5c5c4=NCN=5)cc3)cc(-c3cccc(-n4c5ccccc5c5ccccc54)c3)n2)cc1. The Balaban J connectivity index is 0.000000140. The summed E-state index contributed by atoms with van der Waals surface area (Å²) < 4.78 is 4.68. The molecule has 0 saturated carbocycles. The van der Waals surface area contributed by atoms with E-state index in [1.54, 1.807) is 0 Å². The maximum atomic E-state index is 5.21. The number of benzene rings is 16. The Kier molecular flexibility index (Phi) is 16.7. The Morgan fingerprint density at radius 3 is 0.900 bits per heavy atom. The Bertz CT molecular complexity index is 8070. The van der Waals surface area contributed by atoms with Crippen molar-refractivity contribution in [3.63, 3.8) is 0 Å². The number of fused-ring (bicyclic) bond motifs is 16. The summed E-state index contributed by atoms with van der Waals surface area (Å²) in [5.41, 5.74) is 26.4. The van der Waals surface area contributed by atoms with Gasteiger partial charge in [-0.1, -0.05) is 303 Å². The van der Waals surface area contributed by atoms with Crippen molar-refractivity contribution in [2.24, 2.45) is 20.0 Å². The van der Waals surface area contributed by atoms with Gasteiger partial charge in [0.25, 0.3) is 0 Å². The molecule has 120 heavy (non-hydrogen) atoms. The topological polar surface area (TPSA) is 137 Å². The molecule has 0 unspecified atom stereocenters. The fraction of sp³-hybridized carbons (Fsp3) is 0.0185. The molecule has 6 aromatic heterocycles. The summed E-state index contributed by atoms with van der Waals surface area (Å²) in [5.74, 6) is 1.36. The van der Waals surface area contributed by atoms with Gasteiger partial charge in [0.05, 0.1) is 88.7 Å². The average molecular weight is 1530 g/mol. The van der Waals surface area contributed by atoms with E-state index >= 15 is 0 Å². The third-order valence-corrected chi connectivity index (χ3v) is 23.4. The van der Waals surface area contributed by atoms with Crippen molar-refractivity contribution < 1.29 is 0 Å². The quantitative estimate of drug-likeness (QED) is 0.112. The van der Waals surface area contributed by atoms with Gasteiger partial charge in [0.2, 0.25) is 0 Å². The summed E-state index contributed by atoms with van der Waals surface area (Å²) in [6.45, 7) is 0.809. The zero-order chi connectivity index (χ0) is 79.1. The number of hydrogen-bond acceptors (Lipinski definition) is 10. The molecule has 8 heterocycles. The van der Waals surface area contributed by atoms with Crippen LogP contribution in [0, 0.1) is 0 Å². The van der Waals surface area contributed by atoms with Crippen molar-refractivity contribution in [2.75, 3.05) is 13.3 Å². The average Bonchev–Trinajstić information content (AvgIpc) is 1.25. The molecule has 560 valence electrons. The fourth-order valence-corrected chi connectivity index (χ4v) is 17.8. The number of hydrogen-bond donors (Lipinski definition) is 0. The molecular weight excluding hydrogens is 1470 g/mol. The van der Waals surface area contributed by atoms with Gasteiger partial charge in [0.15, 0.2) is 11.6 Å². The zero-order valence-electron chi connectivity index (χ0n) is 64.7. The molecule has 2 aliphatic rings. The van der Waals surface area contributed by atoms with Crippen LogP contribution in [0.15, 0.2) is 408 Å². The van der Waals surface area contributed by atoms with Crippen LogP contribution in [0.2, 0.25) is 0 Å². The van der Waals surface area contributed by atoms with Gasteiger partial charge in [-0.05, 0) is 96.1 Å². The predicted molar refractivity (Wildman–Crippen MR) is 487 cm³/mol. The minimum atomic E-state index is 0.404. The van der Waals surface area contributed by atoms with Gasteiger partial charge in [0.1, 0.15) is 13.3 Å². The molecule has 0 N–H and O–H groups in total. The first-order chi connectivity index (χ1) is 59.5. The molecule has 0 atom stereocenters. The smallest absolute Gasteiger partial charge is 0.160 e. The highest BCUT2D eigenvalue weighted by Crippen LogP contribution is 2.41. The van der Waals surface area contributed by atoms with Crippen LogP contribution in [0.1, 0.15) is 0 Å². The molecule has 12 heteroatoms. The summed E-state index contributed by atoms with van der Waals surface area (Å²) in [4.78, 5) is 50.9. The highest BCUT2D eigenvalue weighted by molar-refractivity contribution is 6.14. The molecule has 0 amide bonds. The van der Waals surface area contributed by atoms with E-state index in [1.807, 2.05) is 60.7 Å². The van der Waals surface area contributed by atoms with Crippen molar-refractivity contribution >= 4 is 87.0 Å². The van der Waals surface area contributed by atoms with E-state index in [0.717, 1.165) is 177 Å². The first kappa shape index (κ1) is 69.3. The van der Waals surface area contributed by atoms with Crippen LogP contribution in [0.4, 0.5) is 0 Å². The van der Waals surface area contributed by atoms with Gasteiger partial charge < -0.3 is 9.13 Å². The monoisotopic (exact) mass is 1530 g/mol. The maximum Gasteiger partial charge on any atom is 0.160 e. The van der Waals surface area contributed by atoms with Crippen LogP contribution in [-0.2, 0) is 0 Å². The lowest BCUT2D eigenvalue weighted by molar-refractivity contribution is 1.06. The molecule has 12 nitrogen and oxygen atoms in total. The molecule has 22 aromatic rings. The first-order valence-corrected chi connectivity index (χ1v) is 40.4. The van der Waals surface area contributed by atoms with E-state index < -0.39 is 0 Å². The van der Waals surface area contributed by atoms with E-state index in [1.165, 1.54) is 43.6 Å². The molecule has 24 rings (SSSR count). The van der Waals surface area contributed by atoms with Crippen LogP contribution < -0.4 is 21.4 Å². The molecule has 0 bridgehead atoms. The second-order valence-corrected chi connectivity index (χ2v) is 30.3. The lowest BCUT2D eigenvalue weighted by Gasteiger charge is -2.13. The molecule has 2 aliphatic heterocycles. The third-order valence-electron chi connectivity index (χ3n) is 23.4. The van der Waals surface area contributed by atoms with Crippen molar-refractivity contribution in [1.82, 2.24) is 39.0 Å². The third kappa shape index (κ3) is 12.0. The minimum Gasteiger partial charge on any atom is -0.309 e. The molecule has 0 saturated heterocycles. The number of para-hydroxylation sites is 6. The first-order valence-electron chi connectivity index (χ1n) is 40.4. The molecule has 0 fully saturated rings. The number of pyridine rings is 2. The van der Waals surface area contributed by atoms with Gasteiger partial charge in [-0.15, -0.1) is 0 Å². The Labute approximate surface area is 688 Å². The maximum absolute atomic E-state index is 5.21. The van der Waals surface area contributed by atoms with Crippen LogP contribution >= 0.6 is 0 Å². The summed E-state index contributed by atoms with van der Waals surface area (Å²) in [7, 11) is 0. The summed E-state index contributed by atoms with van der Waals surface area (Å²) >= 11 is 0. The van der Waals surface area contributed by atoms with E-state index in [9.17, 15) is 0 Å². The van der Waals surface area contributed by atoms with E-state index in [-0.39, 0.29) is 0 Å².